The van der Waals surface area contributed by atoms with Gasteiger partial charge in [0.1, 0.15) is 23.0 Å². The van der Waals surface area contributed by atoms with Crippen molar-refractivity contribution in [3.63, 3.8) is 0 Å². The van der Waals surface area contributed by atoms with Crippen LogP contribution in [-0.2, 0) is 0 Å². The van der Waals surface area contributed by atoms with Gasteiger partial charge in [0.25, 0.3) is 0 Å². The van der Waals surface area contributed by atoms with Gasteiger partial charge in [-0.05, 0) is 31.2 Å². The summed E-state index contributed by atoms with van der Waals surface area (Å²) in [5.41, 5.74) is 2.39. The van der Waals surface area contributed by atoms with Crippen molar-refractivity contribution in [1.29, 1.82) is 0 Å². The summed E-state index contributed by atoms with van der Waals surface area (Å²) in [5, 5.41) is 1.17. The molecule has 2 aromatic heterocycles. The van der Waals surface area contributed by atoms with Crippen molar-refractivity contribution in [3.05, 3.63) is 41.3 Å². The molecule has 3 aromatic rings. The molecule has 0 aliphatic carbocycles. The quantitative estimate of drug-likeness (QED) is 0.666. The van der Waals surface area contributed by atoms with Crippen molar-refractivity contribution >= 4 is 22.7 Å². The standard InChI is InChI=1S/C14H11ClN2O2/c1-8-11-13(15)16-7-17-14(11)19-12(8)9-3-5-10(18-2)6-4-9/h3-7H,1-2H3. The van der Waals surface area contributed by atoms with Gasteiger partial charge in [0, 0.05) is 11.1 Å². The first-order valence-electron chi connectivity index (χ1n) is 5.74. The van der Waals surface area contributed by atoms with Crippen LogP contribution in [0.3, 0.4) is 0 Å². The molecule has 0 saturated carbocycles. The average molecular weight is 275 g/mol. The third-order valence-corrected chi connectivity index (χ3v) is 3.32. The van der Waals surface area contributed by atoms with Gasteiger partial charge in [-0.2, -0.15) is 0 Å². The third kappa shape index (κ3) is 1.94. The molecule has 0 spiro atoms. The monoisotopic (exact) mass is 274 g/mol. The van der Waals surface area contributed by atoms with E-state index in [1.165, 1.54) is 6.33 Å². The SMILES string of the molecule is COc1ccc(-c2oc3ncnc(Cl)c3c2C)cc1. The van der Waals surface area contributed by atoms with E-state index in [-0.39, 0.29) is 0 Å². The van der Waals surface area contributed by atoms with E-state index in [0.717, 1.165) is 28.0 Å². The second kappa shape index (κ2) is 4.55. The zero-order valence-electron chi connectivity index (χ0n) is 10.5. The minimum absolute atomic E-state index is 0.408. The van der Waals surface area contributed by atoms with E-state index in [2.05, 4.69) is 9.97 Å². The first kappa shape index (κ1) is 12.0. The van der Waals surface area contributed by atoms with Crippen LogP contribution < -0.4 is 4.74 Å². The number of ether oxygens (including phenoxy) is 1. The summed E-state index contributed by atoms with van der Waals surface area (Å²) >= 11 is 6.08. The summed E-state index contributed by atoms with van der Waals surface area (Å²) in [7, 11) is 1.64. The zero-order chi connectivity index (χ0) is 13.4. The van der Waals surface area contributed by atoms with Crippen molar-refractivity contribution in [3.8, 4) is 17.1 Å². The predicted octanol–water partition coefficient (Wildman–Crippen LogP) is 3.86. The number of fused-ring (bicyclic) bond motifs is 1. The molecule has 0 amide bonds. The van der Waals surface area contributed by atoms with Crippen LogP contribution in [0.1, 0.15) is 5.56 Å². The van der Waals surface area contributed by atoms with E-state index in [1.54, 1.807) is 7.11 Å². The summed E-state index contributed by atoms with van der Waals surface area (Å²) in [6.07, 6.45) is 1.39. The van der Waals surface area contributed by atoms with E-state index in [4.69, 9.17) is 20.8 Å². The van der Waals surface area contributed by atoms with E-state index < -0.39 is 0 Å². The molecular formula is C14H11ClN2O2. The van der Waals surface area contributed by atoms with Crippen molar-refractivity contribution in [2.24, 2.45) is 0 Å². The maximum atomic E-state index is 6.08. The molecule has 96 valence electrons. The minimum atomic E-state index is 0.408. The van der Waals surface area contributed by atoms with Crippen LogP contribution in [0.5, 0.6) is 5.75 Å². The molecule has 0 fully saturated rings. The molecule has 5 heteroatoms. The lowest BCUT2D eigenvalue weighted by Crippen LogP contribution is -1.83. The number of rotatable bonds is 2. The lowest BCUT2D eigenvalue weighted by atomic mass is 10.1. The van der Waals surface area contributed by atoms with Crippen LogP contribution in [0.25, 0.3) is 22.4 Å². The van der Waals surface area contributed by atoms with E-state index in [9.17, 15) is 0 Å². The van der Waals surface area contributed by atoms with E-state index in [1.807, 2.05) is 31.2 Å². The first-order valence-corrected chi connectivity index (χ1v) is 6.12. The number of furan rings is 1. The molecule has 0 unspecified atom stereocenters. The molecule has 0 aliphatic rings. The van der Waals surface area contributed by atoms with Gasteiger partial charge in [-0.15, -0.1) is 0 Å². The van der Waals surface area contributed by atoms with Crippen molar-refractivity contribution in [2.75, 3.05) is 7.11 Å². The van der Waals surface area contributed by atoms with Gasteiger partial charge in [-0.3, -0.25) is 0 Å². The smallest absolute Gasteiger partial charge is 0.231 e. The fourth-order valence-corrected chi connectivity index (χ4v) is 2.31. The summed E-state index contributed by atoms with van der Waals surface area (Å²) < 4.78 is 10.9. The number of methoxy groups -OCH3 is 1. The van der Waals surface area contributed by atoms with Gasteiger partial charge in [-0.1, -0.05) is 11.6 Å². The highest BCUT2D eigenvalue weighted by atomic mass is 35.5. The zero-order valence-corrected chi connectivity index (χ0v) is 11.2. The lowest BCUT2D eigenvalue weighted by Gasteiger charge is -2.01. The molecule has 0 bridgehead atoms. The molecule has 0 N–H and O–H groups in total. The molecule has 0 radical (unpaired) electrons. The molecule has 3 rings (SSSR count). The number of benzene rings is 1. The van der Waals surface area contributed by atoms with Crippen LogP contribution >= 0.6 is 11.6 Å². The highest BCUT2D eigenvalue weighted by Crippen LogP contribution is 2.35. The molecular weight excluding hydrogens is 264 g/mol. The average Bonchev–Trinajstić information content (AvgIpc) is 2.78. The van der Waals surface area contributed by atoms with Crippen LogP contribution in [0.4, 0.5) is 0 Å². The van der Waals surface area contributed by atoms with Gasteiger partial charge in [0.05, 0.1) is 12.5 Å². The molecule has 0 aliphatic heterocycles. The maximum absolute atomic E-state index is 6.08. The highest BCUT2D eigenvalue weighted by Gasteiger charge is 2.16. The van der Waals surface area contributed by atoms with E-state index in [0.29, 0.717) is 10.9 Å². The molecule has 0 atom stereocenters. The summed E-state index contributed by atoms with van der Waals surface area (Å²) in [4.78, 5) is 8.07. The number of aryl methyl sites for hydroxylation is 1. The van der Waals surface area contributed by atoms with Gasteiger partial charge in [-0.25, -0.2) is 9.97 Å². The lowest BCUT2D eigenvalue weighted by molar-refractivity contribution is 0.415. The van der Waals surface area contributed by atoms with Crippen LogP contribution in [0.2, 0.25) is 5.15 Å². The van der Waals surface area contributed by atoms with Crippen LogP contribution in [0, 0.1) is 6.92 Å². The largest absolute Gasteiger partial charge is 0.497 e. The van der Waals surface area contributed by atoms with Crippen LogP contribution in [-0.4, -0.2) is 17.1 Å². The van der Waals surface area contributed by atoms with Gasteiger partial charge in [0.2, 0.25) is 5.71 Å². The molecule has 19 heavy (non-hydrogen) atoms. The Morgan fingerprint density at radius 2 is 1.89 bits per heavy atom. The number of aromatic nitrogens is 2. The van der Waals surface area contributed by atoms with Crippen molar-refractivity contribution < 1.29 is 9.15 Å². The minimum Gasteiger partial charge on any atom is -0.497 e. The fourth-order valence-electron chi connectivity index (χ4n) is 2.05. The van der Waals surface area contributed by atoms with E-state index >= 15 is 0 Å². The Hall–Kier alpha value is -2.07. The molecule has 0 saturated heterocycles. The summed E-state index contributed by atoms with van der Waals surface area (Å²) in [6, 6.07) is 7.64. The van der Waals surface area contributed by atoms with Gasteiger partial charge >= 0.3 is 0 Å². The Bertz CT molecular complexity index is 735. The molecule has 2 heterocycles. The predicted molar refractivity (Wildman–Crippen MR) is 73.5 cm³/mol. The first-order chi connectivity index (χ1) is 9.20. The molecule has 1 aromatic carbocycles. The highest BCUT2D eigenvalue weighted by molar-refractivity contribution is 6.34. The fraction of sp³-hybridized carbons (Fsp3) is 0.143. The maximum Gasteiger partial charge on any atom is 0.231 e. The number of halogens is 1. The summed E-state index contributed by atoms with van der Waals surface area (Å²) in [6.45, 7) is 1.95. The summed E-state index contributed by atoms with van der Waals surface area (Å²) in [5.74, 6) is 1.55. The van der Waals surface area contributed by atoms with Crippen molar-refractivity contribution in [2.45, 2.75) is 6.92 Å². The Kier molecular flexibility index (Phi) is 2.87. The van der Waals surface area contributed by atoms with Crippen molar-refractivity contribution in [1.82, 2.24) is 9.97 Å². The Balaban J connectivity index is 2.19. The third-order valence-electron chi connectivity index (χ3n) is 3.03. The van der Waals surface area contributed by atoms with Gasteiger partial charge in [0.15, 0.2) is 0 Å². The van der Waals surface area contributed by atoms with Gasteiger partial charge < -0.3 is 9.15 Å². The number of nitrogens with zero attached hydrogens (tertiary/aromatic N) is 2. The normalized spacial score (nSPS) is 10.9. The Labute approximate surface area is 115 Å². The number of hydrogen-bond acceptors (Lipinski definition) is 4. The second-order valence-electron chi connectivity index (χ2n) is 4.13. The van der Waals surface area contributed by atoms with Crippen LogP contribution in [0.15, 0.2) is 35.0 Å². The Morgan fingerprint density at radius 3 is 2.53 bits per heavy atom. The topological polar surface area (TPSA) is 48.2 Å². The number of hydrogen-bond donors (Lipinski definition) is 0. The second-order valence-corrected chi connectivity index (χ2v) is 4.49. The molecule has 4 nitrogen and oxygen atoms in total. The Morgan fingerprint density at radius 1 is 1.16 bits per heavy atom.